The van der Waals surface area contributed by atoms with E-state index in [0.29, 0.717) is 12.0 Å². The molecule has 0 radical (unpaired) electrons. The highest BCUT2D eigenvalue weighted by Crippen LogP contribution is 2.21. The van der Waals surface area contributed by atoms with Crippen molar-refractivity contribution in [1.82, 2.24) is 5.32 Å². The number of carbonyl (C=O) groups excluding carboxylic acids is 1. The Morgan fingerprint density at radius 3 is 2.31 bits per heavy atom. The molecule has 0 saturated heterocycles. The molecule has 26 heavy (non-hydrogen) atoms. The fourth-order valence-electron chi connectivity index (χ4n) is 2.63. The van der Waals surface area contributed by atoms with Gasteiger partial charge in [0.2, 0.25) is 5.91 Å². The molecule has 0 aliphatic heterocycles. The molecule has 0 aromatic heterocycles. The van der Waals surface area contributed by atoms with Crippen molar-refractivity contribution in [1.29, 1.82) is 0 Å². The van der Waals surface area contributed by atoms with Crippen molar-refractivity contribution in [3.63, 3.8) is 0 Å². The third-order valence-corrected chi connectivity index (χ3v) is 5.12. The average Bonchev–Trinajstić information content (AvgIpc) is 2.59. The van der Waals surface area contributed by atoms with Gasteiger partial charge in [-0.25, -0.2) is 8.42 Å². The summed E-state index contributed by atoms with van der Waals surface area (Å²) in [5.74, 6) is -0.335. The van der Waals surface area contributed by atoms with Crippen molar-refractivity contribution in [2.24, 2.45) is 0 Å². The fraction of sp³-hybridized carbons (Fsp3) is 0.278. The summed E-state index contributed by atoms with van der Waals surface area (Å²) in [7, 11) is -3.28. The SMILES string of the molecule is CCC(NC(=O)Cc1ccccc1[N+](=O)[O-])c1ccc(S(C)(=O)=O)cc1. The molecule has 138 valence electrons. The zero-order chi connectivity index (χ0) is 19.3. The van der Waals surface area contributed by atoms with Crippen molar-refractivity contribution < 1.29 is 18.1 Å². The lowest BCUT2D eigenvalue weighted by molar-refractivity contribution is -0.385. The number of nitro groups is 1. The van der Waals surface area contributed by atoms with Gasteiger partial charge in [0.05, 0.1) is 22.3 Å². The Balaban J connectivity index is 2.13. The van der Waals surface area contributed by atoms with Crippen LogP contribution in [0.15, 0.2) is 53.4 Å². The van der Waals surface area contributed by atoms with E-state index in [-0.39, 0.29) is 29.0 Å². The van der Waals surface area contributed by atoms with E-state index in [1.165, 1.54) is 18.2 Å². The molecule has 1 atom stereocenters. The minimum absolute atomic E-state index is 0.0896. The number of para-hydroxylation sites is 1. The normalized spacial score (nSPS) is 12.4. The average molecular weight is 376 g/mol. The molecule has 1 unspecified atom stereocenters. The number of amides is 1. The number of sulfone groups is 1. The monoisotopic (exact) mass is 376 g/mol. The summed E-state index contributed by atoms with van der Waals surface area (Å²) in [5.41, 5.74) is 1.03. The second kappa shape index (κ2) is 8.09. The minimum Gasteiger partial charge on any atom is -0.349 e. The summed E-state index contributed by atoms with van der Waals surface area (Å²) >= 11 is 0. The van der Waals surface area contributed by atoms with E-state index in [2.05, 4.69) is 5.32 Å². The van der Waals surface area contributed by atoms with E-state index in [4.69, 9.17) is 0 Å². The Hall–Kier alpha value is -2.74. The van der Waals surface area contributed by atoms with Gasteiger partial charge in [-0.1, -0.05) is 37.3 Å². The Morgan fingerprint density at radius 2 is 1.77 bits per heavy atom. The standard InChI is InChI=1S/C18H20N2O5S/c1-3-16(13-8-10-15(11-9-13)26(2,24)25)19-18(21)12-14-6-4-5-7-17(14)20(22)23/h4-11,16H,3,12H2,1-2H3,(H,19,21). The van der Waals surface area contributed by atoms with Gasteiger partial charge in [0.15, 0.2) is 9.84 Å². The molecule has 7 nitrogen and oxygen atoms in total. The van der Waals surface area contributed by atoms with Gasteiger partial charge in [0.1, 0.15) is 0 Å². The van der Waals surface area contributed by atoms with Gasteiger partial charge in [0, 0.05) is 17.9 Å². The number of nitro benzene ring substituents is 1. The van der Waals surface area contributed by atoms with Crippen LogP contribution in [0.4, 0.5) is 5.69 Å². The van der Waals surface area contributed by atoms with Gasteiger partial charge in [-0.2, -0.15) is 0 Å². The third kappa shape index (κ3) is 4.89. The molecule has 0 bridgehead atoms. The maximum absolute atomic E-state index is 12.3. The Bertz CT molecular complexity index is 907. The highest BCUT2D eigenvalue weighted by atomic mass is 32.2. The van der Waals surface area contributed by atoms with Gasteiger partial charge < -0.3 is 5.32 Å². The van der Waals surface area contributed by atoms with Crippen LogP contribution < -0.4 is 5.32 Å². The van der Waals surface area contributed by atoms with Crippen LogP contribution >= 0.6 is 0 Å². The third-order valence-electron chi connectivity index (χ3n) is 3.99. The quantitative estimate of drug-likeness (QED) is 0.591. The number of nitrogens with zero attached hydrogens (tertiary/aromatic N) is 1. The molecule has 0 saturated carbocycles. The number of rotatable bonds is 7. The second-order valence-corrected chi connectivity index (χ2v) is 7.95. The molecule has 0 fully saturated rings. The molecule has 0 heterocycles. The molecule has 1 amide bonds. The minimum atomic E-state index is -3.28. The molecule has 0 spiro atoms. The van der Waals surface area contributed by atoms with Crippen molar-refractivity contribution >= 4 is 21.4 Å². The van der Waals surface area contributed by atoms with E-state index in [9.17, 15) is 23.3 Å². The lowest BCUT2D eigenvalue weighted by Gasteiger charge is -2.18. The molecule has 0 aliphatic carbocycles. The van der Waals surface area contributed by atoms with Crippen LogP contribution in [-0.2, 0) is 21.1 Å². The maximum atomic E-state index is 12.3. The van der Waals surface area contributed by atoms with Crippen LogP contribution in [0.25, 0.3) is 0 Å². The lowest BCUT2D eigenvalue weighted by Crippen LogP contribution is -2.29. The summed E-state index contributed by atoms with van der Waals surface area (Å²) in [6, 6.07) is 12.1. The number of hydrogen-bond acceptors (Lipinski definition) is 5. The summed E-state index contributed by atoms with van der Waals surface area (Å²) in [6.07, 6.45) is 1.63. The van der Waals surface area contributed by atoms with E-state index in [1.54, 1.807) is 30.3 Å². The Morgan fingerprint density at radius 1 is 1.15 bits per heavy atom. The van der Waals surface area contributed by atoms with E-state index in [0.717, 1.165) is 11.8 Å². The molecule has 1 N–H and O–H groups in total. The zero-order valence-corrected chi connectivity index (χ0v) is 15.3. The Kier molecular flexibility index (Phi) is 6.10. The van der Waals surface area contributed by atoms with Gasteiger partial charge in [0.25, 0.3) is 5.69 Å². The first-order valence-corrected chi connectivity index (χ1v) is 9.93. The van der Waals surface area contributed by atoms with Crippen LogP contribution in [0.2, 0.25) is 0 Å². The van der Waals surface area contributed by atoms with Crippen LogP contribution in [-0.4, -0.2) is 25.5 Å². The first-order valence-electron chi connectivity index (χ1n) is 8.04. The fourth-order valence-corrected chi connectivity index (χ4v) is 3.26. The van der Waals surface area contributed by atoms with Crippen molar-refractivity contribution in [3.05, 3.63) is 69.8 Å². The first-order chi connectivity index (χ1) is 12.2. The van der Waals surface area contributed by atoms with Crippen molar-refractivity contribution in [2.75, 3.05) is 6.26 Å². The molecule has 2 aromatic carbocycles. The molecule has 2 rings (SSSR count). The molecule has 0 aliphatic rings. The highest BCUT2D eigenvalue weighted by Gasteiger charge is 2.18. The number of hydrogen-bond donors (Lipinski definition) is 1. The molecular weight excluding hydrogens is 356 g/mol. The van der Waals surface area contributed by atoms with Gasteiger partial charge in [-0.05, 0) is 24.1 Å². The van der Waals surface area contributed by atoms with Crippen LogP contribution in [0.3, 0.4) is 0 Å². The summed E-state index contributed by atoms with van der Waals surface area (Å²) < 4.78 is 23.1. The molecular formula is C18H20N2O5S. The van der Waals surface area contributed by atoms with Crippen LogP contribution in [0.1, 0.15) is 30.5 Å². The van der Waals surface area contributed by atoms with E-state index < -0.39 is 14.8 Å². The maximum Gasteiger partial charge on any atom is 0.273 e. The van der Waals surface area contributed by atoms with Gasteiger partial charge >= 0.3 is 0 Å². The largest absolute Gasteiger partial charge is 0.349 e. The van der Waals surface area contributed by atoms with Gasteiger partial charge in [-0.3, -0.25) is 14.9 Å². The number of benzene rings is 2. The summed E-state index contributed by atoms with van der Waals surface area (Å²) in [4.78, 5) is 23.1. The van der Waals surface area contributed by atoms with Crippen LogP contribution in [0, 0.1) is 10.1 Å². The predicted octanol–water partition coefficient (Wildman–Crippen LogP) is 2.81. The van der Waals surface area contributed by atoms with E-state index in [1.807, 2.05) is 6.92 Å². The first kappa shape index (κ1) is 19.6. The predicted molar refractivity (Wildman–Crippen MR) is 97.5 cm³/mol. The summed E-state index contributed by atoms with van der Waals surface area (Å²) in [5, 5.41) is 13.9. The number of nitrogens with one attached hydrogen (secondary N) is 1. The zero-order valence-electron chi connectivity index (χ0n) is 14.5. The second-order valence-electron chi connectivity index (χ2n) is 5.93. The summed E-state index contributed by atoms with van der Waals surface area (Å²) in [6.45, 7) is 1.89. The van der Waals surface area contributed by atoms with Crippen molar-refractivity contribution in [3.8, 4) is 0 Å². The number of carbonyl (C=O) groups is 1. The smallest absolute Gasteiger partial charge is 0.273 e. The highest BCUT2D eigenvalue weighted by molar-refractivity contribution is 7.90. The van der Waals surface area contributed by atoms with Crippen LogP contribution in [0.5, 0.6) is 0 Å². The van der Waals surface area contributed by atoms with Crippen molar-refractivity contribution in [2.45, 2.75) is 30.7 Å². The van der Waals surface area contributed by atoms with E-state index >= 15 is 0 Å². The van der Waals surface area contributed by atoms with Gasteiger partial charge in [-0.15, -0.1) is 0 Å². The lowest BCUT2D eigenvalue weighted by atomic mass is 10.0. The topological polar surface area (TPSA) is 106 Å². The Labute approximate surface area is 152 Å². The molecule has 8 heteroatoms. The molecule has 2 aromatic rings.